The zero-order valence-electron chi connectivity index (χ0n) is 9.11. The average molecular weight is 229 g/mol. The van der Waals surface area contributed by atoms with Crippen molar-refractivity contribution in [3.05, 3.63) is 35.4 Å². The van der Waals surface area contributed by atoms with E-state index in [0.717, 1.165) is 5.56 Å². The highest BCUT2D eigenvalue weighted by atomic mass is 32.1. The second-order valence-electron chi connectivity index (χ2n) is 3.51. The summed E-state index contributed by atoms with van der Waals surface area (Å²) in [7, 11) is 1.70. The van der Waals surface area contributed by atoms with E-state index in [1.165, 1.54) is 0 Å². The molecule has 0 aliphatic heterocycles. The van der Waals surface area contributed by atoms with Gasteiger partial charge in [0.05, 0.1) is 22.7 Å². The molecule has 0 bridgehead atoms. The molecule has 80 valence electrons. The topological polar surface area (TPSA) is 59.6 Å². The van der Waals surface area contributed by atoms with Gasteiger partial charge in [-0.05, 0) is 24.6 Å². The van der Waals surface area contributed by atoms with Crippen LogP contribution in [-0.4, -0.2) is 12.0 Å². The summed E-state index contributed by atoms with van der Waals surface area (Å²) in [5, 5.41) is 20.7. The Kier molecular flexibility index (Phi) is 3.60. The largest absolute Gasteiger partial charge is 0.381 e. The zero-order valence-corrected chi connectivity index (χ0v) is 9.93. The SMILES string of the molecule is CNC(=S)C(C)(C#N)c1ccc(C#N)cc1. The van der Waals surface area contributed by atoms with E-state index < -0.39 is 5.41 Å². The van der Waals surface area contributed by atoms with Gasteiger partial charge in [-0.15, -0.1) is 0 Å². The molecule has 0 saturated carbocycles. The van der Waals surface area contributed by atoms with Crippen molar-refractivity contribution >= 4 is 17.2 Å². The van der Waals surface area contributed by atoms with E-state index in [4.69, 9.17) is 17.5 Å². The van der Waals surface area contributed by atoms with Gasteiger partial charge < -0.3 is 5.32 Å². The minimum Gasteiger partial charge on any atom is -0.381 e. The number of nitrogens with zero attached hydrogens (tertiary/aromatic N) is 2. The fraction of sp³-hybridized carbons (Fsp3) is 0.250. The summed E-state index contributed by atoms with van der Waals surface area (Å²) in [6.07, 6.45) is 0. The molecule has 0 fully saturated rings. The lowest BCUT2D eigenvalue weighted by molar-refractivity contribution is 0.806. The molecule has 1 atom stereocenters. The molecule has 0 aliphatic rings. The van der Waals surface area contributed by atoms with E-state index in [1.54, 1.807) is 38.2 Å². The Balaban J connectivity index is 3.21. The lowest BCUT2D eigenvalue weighted by Gasteiger charge is -2.22. The van der Waals surface area contributed by atoms with Crippen molar-refractivity contribution in [1.82, 2.24) is 5.32 Å². The van der Waals surface area contributed by atoms with Gasteiger partial charge in [0.15, 0.2) is 0 Å². The molecule has 0 aromatic heterocycles. The molecular weight excluding hydrogens is 218 g/mol. The number of hydrogen-bond donors (Lipinski definition) is 1. The number of nitrogens with one attached hydrogen (secondary N) is 1. The summed E-state index contributed by atoms with van der Waals surface area (Å²) in [6, 6.07) is 11.1. The van der Waals surface area contributed by atoms with E-state index in [2.05, 4.69) is 11.4 Å². The van der Waals surface area contributed by atoms with Gasteiger partial charge in [-0.2, -0.15) is 10.5 Å². The lowest BCUT2D eigenvalue weighted by Crippen LogP contribution is -2.37. The molecule has 4 heteroatoms. The van der Waals surface area contributed by atoms with E-state index in [9.17, 15) is 5.26 Å². The monoisotopic (exact) mass is 229 g/mol. The normalized spacial score (nSPS) is 13.0. The highest BCUT2D eigenvalue weighted by Crippen LogP contribution is 2.24. The Morgan fingerprint density at radius 3 is 2.25 bits per heavy atom. The summed E-state index contributed by atoms with van der Waals surface area (Å²) >= 11 is 5.13. The molecular formula is C12H11N3S. The summed E-state index contributed by atoms with van der Waals surface area (Å²) in [6.45, 7) is 1.76. The molecule has 0 aliphatic carbocycles. The van der Waals surface area contributed by atoms with Crippen molar-refractivity contribution in [3.63, 3.8) is 0 Å². The first kappa shape index (κ1) is 12.2. The first-order chi connectivity index (χ1) is 7.58. The van der Waals surface area contributed by atoms with Gasteiger partial charge in [0.1, 0.15) is 5.41 Å². The average Bonchev–Trinajstić information content (AvgIpc) is 2.36. The Morgan fingerprint density at radius 2 is 1.88 bits per heavy atom. The zero-order chi connectivity index (χ0) is 12.2. The number of likely N-dealkylation sites (N-methyl/N-ethyl adjacent to an activating group) is 1. The molecule has 0 amide bonds. The predicted molar refractivity (Wildman–Crippen MR) is 65.8 cm³/mol. The standard InChI is InChI=1S/C12H11N3S/c1-12(8-14,11(16)15-2)10-5-3-9(7-13)4-6-10/h3-6H,1-2H3,(H,15,16). The maximum absolute atomic E-state index is 9.22. The number of rotatable bonds is 2. The molecule has 0 radical (unpaired) electrons. The summed E-state index contributed by atoms with van der Waals surface area (Å²) in [4.78, 5) is 0.472. The summed E-state index contributed by atoms with van der Waals surface area (Å²) < 4.78 is 0. The van der Waals surface area contributed by atoms with Crippen LogP contribution in [0, 0.1) is 22.7 Å². The highest BCUT2D eigenvalue weighted by Gasteiger charge is 2.30. The molecule has 1 N–H and O–H groups in total. The molecule has 16 heavy (non-hydrogen) atoms. The highest BCUT2D eigenvalue weighted by molar-refractivity contribution is 7.80. The first-order valence-corrected chi connectivity index (χ1v) is 5.13. The minimum atomic E-state index is -0.849. The number of nitriles is 2. The number of hydrogen-bond acceptors (Lipinski definition) is 3. The first-order valence-electron chi connectivity index (χ1n) is 4.72. The molecule has 1 aromatic carbocycles. The Labute approximate surface area is 100 Å². The molecule has 0 saturated heterocycles. The van der Waals surface area contributed by atoms with Gasteiger partial charge in [-0.1, -0.05) is 24.4 Å². The van der Waals surface area contributed by atoms with Crippen molar-refractivity contribution in [2.45, 2.75) is 12.3 Å². The number of benzene rings is 1. The molecule has 1 rings (SSSR count). The minimum absolute atomic E-state index is 0.472. The fourth-order valence-electron chi connectivity index (χ4n) is 1.37. The van der Waals surface area contributed by atoms with Gasteiger partial charge in [0.2, 0.25) is 0 Å². The Morgan fingerprint density at radius 1 is 1.31 bits per heavy atom. The molecule has 0 heterocycles. The van der Waals surface area contributed by atoms with Gasteiger partial charge in [-0.3, -0.25) is 0 Å². The fourth-order valence-corrected chi connectivity index (χ4v) is 1.54. The van der Waals surface area contributed by atoms with E-state index >= 15 is 0 Å². The van der Waals surface area contributed by atoms with E-state index in [0.29, 0.717) is 10.6 Å². The maximum atomic E-state index is 9.22. The van der Waals surface area contributed by atoms with Crippen LogP contribution in [0.1, 0.15) is 18.1 Å². The van der Waals surface area contributed by atoms with Crippen LogP contribution in [0.2, 0.25) is 0 Å². The van der Waals surface area contributed by atoms with Gasteiger partial charge in [-0.25, -0.2) is 0 Å². The Hall–Kier alpha value is -1.91. The van der Waals surface area contributed by atoms with Gasteiger partial charge in [0, 0.05) is 7.05 Å². The quantitative estimate of drug-likeness (QED) is 0.787. The second kappa shape index (κ2) is 4.74. The summed E-state index contributed by atoms with van der Waals surface area (Å²) in [5.74, 6) is 0. The smallest absolute Gasteiger partial charge is 0.129 e. The van der Waals surface area contributed by atoms with E-state index in [1.807, 2.05) is 6.07 Å². The molecule has 3 nitrogen and oxygen atoms in total. The second-order valence-corrected chi connectivity index (χ2v) is 3.91. The lowest BCUT2D eigenvalue weighted by atomic mass is 9.83. The molecule has 1 unspecified atom stereocenters. The predicted octanol–water partition coefficient (Wildman–Crippen LogP) is 1.89. The van der Waals surface area contributed by atoms with Gasteiger partial charge in [0.25, 0.3) is 0 Å². The van der Waals surface area contributed by atoms with Crippen LogP contribution in [0.15, 0.2) is 24.3 Å². The van der Waals surface area contributed by atoms with E-state index in [-0.39, 0.29) is 0 Å². The van der Waals surface area contributed by atoms with Crippen LogP contribution < -0.4 is 5.32 Å². The molecule has 1 aromatic rings. The molecule has 0 spiro atoms. The van der Waals surface area contributed by atoms with Crippen LogP contribution >= 0.6 is 12.2 Å². The van der Waals surface area contributed by atoms with Gasteiger partial charge >= 0.3 is 0 Å². The maximum Gasteiger partial charge on any atom is 0.129 e. The van der Waals surface area contributed by atoms with Crippen LogP contribution in [0.3, 0.4) is 0 Å². The van der Waals surface area contributed by atoms with Crippen LogP contribution in [0.4, 0.5) is 0 Å². The Bertz CT molecular complexity index is 478. The third-order valence-electron chi connectivity index (χ3n) is 2.50. The van der Waals surface area contributed by atoms with Crippen molar-refractivity contribution in [3.8, 4) is 12.1 Å². The van der Waals surface area contributed by atoms with Crippen molar-refractivity contribution in [2.75, 3.05) is 7.05 Å². The third kappa shape index (κ3) is 2.03. The number of thiocarbonyl (C=S) groups is 1. The van der Waals surface area contributed by atoms with Crippen LogP contribution in [0.25, 0.3) is 0 Å². The summed E-state index contributed by atoms with van der Waals surface area (Å²) in [5.41, 5.74) is 0.505. The van der Waals surface area contributed by atoms with Crippen LogP contribution in [-0.2, 0) is 5.41 Å². The van der Waals surface area contributed by atoms with Crippen molar-refractivity contribution in [1.29, 1.82) is 10.5 Å². The van der Waals surface area contributed by atoms with Crippen molar-refractivity contribution in [2.24, 2.45) is 0 Å². The van der Waals surface area contributed by atoms with Crippen LogP contribution in [0.5, 0.6) is 0 Å². The third-order valence-corrected chi connectivity index (χ3v) is 3.11. The van der Waals surface area contributed by atoms with Crippen molar-refractivity contribution < 1.29 is 0 Å².